The van der Waals surface area contributed by atoms with Gasteiger partial charge in [-0.2, -0.15) is 0 Å². The molecular weight excluding hydrogens is 220 g/mol. The molecule has 1 aromatic heterocycles. The Hall–Kier alpha value is -2.22. The first kappa shape index (κ1) is 10.9. The molecule has 0 aliphatic rings. The number of benzene rings is 2. The highest BCUT2D eigenvalue weighted by Gasteiger charge is 2.00. The van der Waals surface area contributed by atoms with Crippen molar-refractivity contribution in [2.24, 2.45) is 0 Å². The fraction of sp³-hybridized carbons (Fsp3) is 0.125. The molecule has 18 heavy (non-hydrogen) atoms. The van der Waals surface area contributed by atoms with Crippen molar-refractivity contribution in [3.63, 3.8) is 0 Å². The van der Waals surface area contributed by atoms with Gasteiger partial charge in [-0.1, -0.05) is 36.4 Å². The van der Waals surface area contributed by atoms with Crippen molar-refractivity contribution in [3.05, 3.63) is 71.5 Å². The average molecular weight is 234 g/mol. The van der Waals surface area contributed by atoms with Gasteiger partial charge in [0.05, 0.1) is 16.7 Å². The second kappa shape index (κ2) is 4.57. The van der Waals surface area contributed by atoms with E-state index in [0.29, 0.717) is 0 Å². The SMILES string of the molecule is Cc1cnc2ccc(Cc3ccccc3)cc2n1. The van der Waals surface area contributed by atoms with E-state index in [2.05, 4.69) is 46.4 Å². The van der Waals surface area contributed by atoms with Crippen LogP contribution in [0.25, 0.3) is 11.0 Å². The van der Waals surface area contributed by atoms with Crippen LogP contribution in [0.5, 0.6) is 0 Å². The lowest BCUT2D eigenvalue weighted by molar-refractivity contribution is 1.16. The lowest BCUT2D eigenvalue weighted by atomic mass is 10.0. The molecule has 0 aliphatic heterocycles. The molecule has 3 rings (SSSR count). The van der Waals surface area contributed by atoms with Crippen LogP contribution in [0.2, 0.25) is 0 Å². The van der Waals surface area contributed by atoms with Crippen LogP contribution in [0.4, 0.5) is 0 Å². The highest BCUT2D eigenvalue weighted by molar-refractivity contribution is 5.74. The quantitative estimate of drug-likeness (QED) is 0.678. The summed E-state index contributed by atoms with van der Waals surface area (Å²) in [5.41, 5.74) is 5.48. The summed E-state index contributed by atoms with van der Waals surface area (Å²) in [6.07, 6.45) is 2.74. The van der Waals surface area contributed by atoms with E-state index in [4.69, 9.17) is 0 Å². The van der Waals surface area contributed by atoms with E-state index in [1.807, 2.05) is 19.1 Å². The van der Waals surface area contributed by atoms with Gasteiger partial charge >= 0.3 is 0 Å². The summed E-state index contributed by atoms with van der Waals surface area (Å²) in [6, 6.07) is 16.8. The lowest BCUT2D eigenvalue weighted by Crippen LogP contribution is -1.91. The third-order valence-electron chi connectivity index (χ3n) is 2.98. The van der Waals surface area contributed by atoms with Gasteiger partial charge in [-0.05, 0) is 36.6 Å². The number of aromatic nitrogens is 2. The monoisotopic (exact) mass is 234 g/mol. The fourth-order valence-electron chi connectivity index (χ4n) is 2.09. The Morgan fingerprint density at radius 1 is 0.889 bits per heavy atom. The predicted molar refractivity (Wildman–Crippen MR) is 73.5 cm³/mol. The average Bonchev–Trinajstić information content (AvgIpc) is 2.39. The minimum Gasteiger partial charge on any atom is -0.253 e. The van der Waals surface area contributed by atoms with E-state index in [-0.39, 0.29) is 0 Å². The van der Waals surface area contributed by atoms with E-state index in [0.717, 1.165) is 23.1 Å². The highest BCUT2D eigenvalue weighted by atomic mass is 14.8. The molecule has 0 aliphatic carbocycles. The maximum absolute atomic E-state index is 4.52. The molecule has 0 unspecified atom stereocenters. The second-order valence-corrected chi connectivity index (χ2v) is 4.50. The van der Waals surface area contributed by atoms with E-state index in [1.54, 1.807) is 6.20 Å². The zero-order valence-corrected chi connectivity index (χ0v) is 10.3. The summed E-state index contributed by atoms with van der Waals surface area (Å²) < 4.78 is 0. The van der Waals surface area contributed by atoms with Crippen LogP contribution >= 0.6 is 0 Å². The molecule has 0 fully saturated rings. The molecule has 2 nitrogen and oxygen atoms in total. The van der Waals surface area contributed by atoms with Gasteiger partial charge in [0.25, 0.3) is 0 Å². The topological polar surface area (TPSA) is 25.8 Å². The number of hydrogen-bond donors (Lipinski definition) is 0. The molecule has 2 aromatic carbocycles. The molecule has 0 atom stereocenters. The molecular formula is C16H14N2. The summed E-state index contributed by atoms with van der Waals surface area (Å²) in [5.74, 6) is 0. The van der Waals surface area contributed by atoms with E-state index in [1.165, 1.54) is 11.1 Å². The zero-order valence-electron chi connectivity index (χ0n) is 10.3. The molecule has 0 spiro atoms. The van der Waals surface area contributed by atoms with Crippen molar-refractivity contribution in [3.8, 4) is 0 Å². The smallest absolute Gasteiger partial charge is 0.0892 e. The standard InChI is InChI=1S/C16H14N2/c1-12-11-17-15-8-7-14(10-16(15)18-12)9-13-5-3-2-4-6-13/h2-8,10-11H,9H2,1H3. The Morgan fingerprint density at radius 2 is 1.72 bits per heavy atom. The van der Waals surface area contributed by atoms with Gasteiger partial charge in [0.2, 0.25) is 0 Å². The van der Waals surface area contributed by atoms with Crippen LogP contribution in [0.3, 0.4) is 0 Å². The molecule has 88 valence electrons. The van der Waals surface area contributed by atoms with Crippen molar-refractivity contribution < 1.29 is 0 Å². The van der Waals surface area contributed by atoms with Crippen LogP contribution in [0.15, 0.2) is 54.7 Å². The molecule has 2 heteroatoms. The number of nitrogens with zero attached hydrogens (tertiary/aromatic N) is 2. The van der Waals surface area contributed by atoms with Crippen molar-refractivity contribution >= 4 is 11.0 Å². The fourth-order valence-corrected chi connectivity index (χ4v) is 2.09. The molecule has 0 N–H and O–H groups in total. The molecule has 0 radical (unpaired) electrons. The Morgan fingerprint density at radius 3 is 2.56 bits per heavy atom. The minimum absolute atomic E-state index is 0.937. The van der Waals surface area contributed by atoms with E-state index < -0.39 is 0 Å². The normalized spacial score (nSPS) is 10.7. The first-order valence-corrected chi connectivity index (χ1v) is 6.07. The van der Waals surface area contributed by atoms with Crippen molar-refractivity contribution in [2.75, 3.05) is 0 Å². The molecule has 0 saturated heterocycles. The predicted octanol–water partition coefficient (Wildman–Crippen LogP) is 3.53. The third-order valence-corrected chi connectivity index (χ3v) is 2.98. The van der Waals surface area contributed by atoms with Gasteiger partial charge in [0.1, 0.15) is 0 Å². The largest absolute Gasteiger partial charge is 0.253 e. The Balaban J connectivity index is 1.98. The molecule has 3 aromatic rings. The Labute approximate surface area is 106 Å². The summed E-state index contributed by atoms with van der Waals surface area (Å²) >= 11 is 0. The van der Waals surface area contributed by atoms with Crippen molar-refractivity contribution in [2.45, 2.75) is 13.3 Å². The number of rotatable bonds is 2. The Bertz CT molecular complexity index is 675. The summed E-state index contributed by atoms with van der Waals surface area (Å²) in [7, 11) is 0. The van der Waals surface area contributed by atoms with Crippen LogP contribution in [0.1, 0.15) is 16.8 Å². The van der Waals surface area contributed by atoms with Crippen LogP contribution < -0.4 is 0 Å². The van der Waals surface area contributed by atoms with Crippen LogP contribution in [-0.4, -0.2) is 9.97 Å². The van der Waals surface area contributed by atoms with Gasteiger partial charge in [-0.15, -0.1) is 0 Å². The van der Waals surface area contributed by atoms with Crippen molar-refractivity contribution in [1.29, 1.82) is 0 Å². The van der Waals surface area contributed by atoms with Gasteiger partial charge in [-0.25, -0.2) is 4.98 Å². The van der Waals surface area contributed by atoms with Gasteiger partial charge in [0.15, 0.2) is 0 Å². The first-order valence-electron chi connectivity index (χ1n) is 6.07. The number of fused-ring (bicyclic) bond motifs is 1. The van der Waals surface area contributed by atoms with Gasteiger partial charge in [-0.3, -0.25) is 4.98 Å². The van der Waals surface area contributed by atoms with Crippen molar-refractivity contribution in [1.82, 2.24) is 9.97 Å². The first-order chi connectivity index (χ1) is 8.81. The summed E-state index contributed by atoms with van der Waals surface area (Å²) in [5, 5.41) is 0. The molecule has 1 heterocycles. The molecule has 0 amide bonds. The van der Waals surface area contributed by atoms with Crippen LogP contribution in [0, 0.1) is 6.92 Å². The third kappa shape index (κ3) is 2.23. The highest BCUT2D eigenvalue weighted by Crippen LogP contribution is 2.15. The van der Waals surface area contributed by atoms with Gasteiger partial charge < -0.3 is 0 Å². The molecule has 0 bridgehead atoms. The zero-order chi connectivity index (χ0) is 12.4. The Kier molecular flexibility index (Phi) is 2.77. The minimum atomic E-state index is 0.937. The molecule has 0 saturated carbocycles. The summed E-state index contributed by atoms with van der Waals surface area (Å²) in [4.78, 5) is 8.88. The summed E-state index contributed by atoms with van der Waals surface area (Å²) in [6.45, 7) is 1.97. The maximum atomic E-state index is 4.52. The second-order valence-electron chi connectivity index (χ2n) is 4.50. The van der Waals surface area contributed by atoms with Gasteiger partial charge in [0, 0.05) is 6.20 Å². The number of aryl methyl sites for hydroxylation is 1. The maximum Gasteiger partial charge on any atom is 0.0892 e. The van der Waals surface area contributed by atoms with E-state index >= 15 is 0 Å². The van der Waals surface area contributed by atoms with E-state index in [9.17, 15) is 0 Å². The number of hydrogen-bond acceptors (Lipinski definition) is 2. The van der Waals surface area contributed by atoms with Crippen LogP contribution in [-0.2, 0) is 6.42 Å². The lowest BCUT2D eigenvalue weighted by Gasteiger charge is -2.04.